The van der Waals surface area contributed by atoms with Crippen LogP contribution < -0.4 is 5.73 Å². The van der Waals surface area contributed by atoms with Gasteiger partial charge in [-0.15, -0.1) is 0 Å². The Labute approximate surface area is 161 Å². The molecule has 2 bridgehead atoms. The van der Waals surface area contributed by atoms with Crippen molar-refractivity contribution in [3.8, 4) is 5.75 Å². The molecule has 2 atom stereocenters. The van der Waals surface area contributed by atoms with Gasteiger partial charge in [0.2, 0.25) is 0 Å². The topological polar surface area (TPSA) is 66.6 Å². The molecule has 0 aromatic heterocycles. The van der Waals surface area contributed by atoms with Crippen LogP contribution in [0.3, 0.4) is 0 Å². The van der Waals surface area contributed by atoms with Gasteiger partial charge < -0.3 is 15.7 Å². The average Bonchev–Trinajstić information content (AvgIpc) is 2.65. The fourth-order valence-electron chi connectivity index (χ4n) is 5.12. The van der Waals surface area contributed by atoms with E-state index in [2.05, 4.69) is 26.8 Å². The maximum absolute atomic E-state index is 13.3. The van der Waals surface area contributed by atoms with E-state index in [1.807, 2.05) is 35.2 Å². The van der Waals surface area contributed by atoms with Crippen LogP contribution in [-0.2, 0) is 18.4 Å². The monoisotopic (exact) mass is 364 g/mol. The number of likely N-dealkylation sites (tertiary alicyclic amines) is 1. The molecule has 1 saturated heterocycles. The van der Waals surface area contributed by atoms with Gasteiger partial charge in [0.05, 0.1) is 0 Å². The summed E-state index contributed by atoms with van der Waals surface area (Å²) in [6.07, 6.45) is 1.58. The number of carbonyl (C=O) groups excluding carboxylic acids is 1. The van der Waals surface area contributed by atoms with Crippen molar-refractivity contribution in [3.05, 3.63) is 64.7 Å². The number of nitrogens with two attached hydrogens (primary N) is 1. The minimum Gasteiger partial charge on any atom is -0.508 e. The van der Waals surface area contributed by atoms with Gasteiger partial charge in [-0.25, -0.2) is 0 Å². The van der Waals surface area contributed by atoms with Crippen molar-refractivity contribution < 1.29 is 9.90 Å². The molecule has 1 unspecified atom stereocenters. The molecule has 4 rings (SSSR count). The lowest BCUT2D eigenvalue weighted by Gasteiger charge is -2.60. The van der Waals surface area contributed by atoms with E-state index in [9.17, 15) is 9.90 Å². The molecule has 1 fully saturated rings. The Bertz CT molecular complexity index is 888. The van der Waals surface area contributed by atoms with Gasteiger partial charge in [-0.3, -0.25) is 4.79 Å². The normalized spacial score (nSPS) is 25.8. The smallest absolute Gasteiger partial charge is 0.254 e. The number of benzene rings is 2. The Morgan fingerprint density at radius 1 is 1.19 bits per heavy atom. The lowest BCUT2D eigenvalue weighted by atomic mass is 9.51. The second kappa shape index (κ2) is 6.10. The summed E-state index contributed by atoms with van der Waals surface area (Å²) in [6.45, 7) is 8.03. The molecule has 27 heavy (non-hydrogen) atoms. The van der Waals surface area contributed by atoms with E-state index in [0.29, 0.717) is 24.3 Å². The zero-order chi connectivity index (χ0) is 19.4. The summed E-state index contributed by atoms with van der Waals surface area (Å²) >= 11 is 0. The first-order chi connectivity index (χ1) is 12.8. The first kappa shape index (κ1) is 18.1. The molecule has 2 aliphatic rings. The fourth-order valence-corrected chi connectivity index (χ4v) is 5.12. The van der Waals surface area contributed by atoms with Crippen LogP contribution in [0.15, 0.2) is 42.5 Å². The summed E-state index contributed by atoms with van der Waals surface area (Å²) in [5.74, 6) is 0.415. The molecule has 0 radical (unpaired) electrons. The standard InChI is InChI=1S/C23H28N2O2/c1-22(2)20-13-17-18(5-4-6-19(17)26)23(22,3)11-12-25(20)21(27)16-9-7-15(14-24)8-10-16/h4-10,20,26H,11-14,24H2,1-3H3/t20?,23-/m0/s1. The van der Waals surface area contributed by atoms with Gasteiger partial charge in [0.25, 0.3) is 5.91 Å². The number of amides is 1. The van der Waals surface area contributed by atoms with Crippen LogP contribution in [0, 0.1) is 5.41 Å². The van der Waals surface area contributed by atoms with Crippen LogP contribution in [0.25, 0.3) is 0 Å². The van der Waals surface area contributed by atoms with Gasteiger partial charge >= 0.3 is 0 Å². The number of hydrogen-bond acceptors (Lipinski definition) is 3. The zero-order valence-corrected chi connectivity index (χ0v) is 16.3. The fraction of sp³-hybridized carbons (Fsp3) is 0.435. The van der Waals surface area contributed by atoms with Gasteiger partial charge in [-0.2, -0.15) is 0 Å². The van der Waals surface area contributed by atoms with Gasteiger partial charge in [-0.05, 0) is 53.1 Å². The summed E-state index contributed by atoms with van der Waals surface area (Å²) in [7, 11) is 0. The largest absolute Gasteiger partial charge is 0.508 e. The van der Waals surface area contributed by atoms with Crippen LogP contribution in [0.2, 0.25) is 0 Å². The summed E-state index contributed by atoms with van der Waals surface area (Å²) < 4.78 is 0. The van der Waals surface area contributed by atoms with Gasteiger partial charge in [0.1, 0.15) is 5.75 Å². The zero-order valence-electron chi connectivity index (χ0n) is 16.3. The van der Waals surface area contributed by atoms with Crippen molar-refractivity contribution in [2.75, 3.05) is 6.54 Å². The highest BCUT2D eigenvalue weighted by Gasteiger charge is 2.57. The molecule has 3 N–H and O–H groups in total. The van der Waals surface area contributed by atoms with E-state index < -0.39 is 0 Å². The molecule has 1 heterocycles. The number of phenols is 1. The van der Waals surface area contributed by atoms with Crippen LogP contribution >= 0.6 is 0 Å². The first-order valence-corrected chi connectivity index (χ1v) is 9.71. The molecule has 1 aliphatic carbocycles. The SMILES string of the molecule is CC1(C)C2Cc3c(O)cccc3[C@]1(C)CCN2C(=O)c1ccc(CN)cc1. The number of rotatable bonds is 2. The highest BCUT2D eigenvalue weighted by molar-refractivity contribution is 5.94. The van der Waals surface area contributed by atoms with Crippen molar-refractivity contribution in [3.63, 3.8) is 0 Å². The molecule has 2 aromatic carbocycles. The molecule has 1 amide bonds. The minimum atomic E-state index is -0.0844. The Kier molecular flexibility index (Phi) is 4.08. The molecular weight excluding hydrogens is 336 g/mol. The van der Waals surface area contributed by atoms with Gasteiger partial charge in [-0.1, -0.05) is 45.0 Å². The van der Waals surface area contributed by atoms with Crippen LogP contribution in [0.4, 0.5) is 0 Å². The van der Waals surface area contributed by atoms with Gasteiger partial charge in [0.15, 0.2) is 0 Å². The quantitative estimate of drug-likeness (QED) is 0.855. The summed E-state index contributed by atoms with van der Waals surface area (Å²) in [4.78, 5) is 15.3. The van der Waals surface area contributed by atoms with Crippen molar-refractivity contribution in [1.82, 2.24) is 4.90 Å². The second-order valence-corrected chi connectivity index (χ2v) is 8.73. The number of fused-ring (bicyclic) bond motifs is 4. The Morgan fingerprint density at radius 2 is 1.89 bits per heavy atom. The van der Waals surface area contributed by atoms with Crippen LogP contribution in [0.1, 0.15) is 54.2 Å². The van der Waals surface area contributed by atoms with Crippen molar-refractivity contribution >= 4 is 5.91 Å². The van der Waals surface area contributed by atoms with Crippen LogP contribution in [-0.4, -0.2) is 28.5 Å². The minimum absolute atomic E-state index is 0.0544. The van der Waals surface area contributed by atoms with E-state index in [1.165, 1.54) is 5.56 Å². The molecule has 4 nitrogen and oxygen atoms in total. The Morgan fingerprint density at radius 3 is 2.56 bits per heavy atom. The van der Waals surface area contributed by atoms with E-state index in [0.717, 1.165) is 24.1 Å². The molecule has 0 spiro atoms. The molecule has 1 aliphatic heterocycles. The van der Waals surface area contributed by atoms with Gasteiger partial charge in [0, 0.05) is 30.1 Å². The van der Waals surface area contributed by atoms with E-state index in [-0.39, 0.29) is 22.8 Å². The van der Waals surface area contributed by atoms with E-state index in [1.54, 1.807) is 6.07 Å². The number of piperidine rings is 1. The molecule has 0 saturated carbocycles. The highest BCUT2D eigenvalue weighted by atomic mass is 16.3. The third kappa shape index (κ3) is 2.50. The number of phenolic OH excluding ortho intramolecular Hbond substituents is 1. The first-order valence-electron chi connectivity index (χ1n) is 9.71. The predicted octanol–water partition coefficient (Wildman–Crippen LogP) is 3.61. The van der Waals surface area contributed by atoms with Crippen molar-refractivity contribution in [2.45, 2.75) is 51.6 Å². The van der Waals surface area contributed by atoms with E-state index in [4.69, 9.17) is 5.73 Å². The summed E-state index contributed by atoms with van der Waals surface area (Å²) in [6, 6.07) is 13.5. The Hall–Kier alpha value is -2.33. The molecular formula is C23H28N2O2. The molecule has 4 heteroatoms. The highest BCUT2D eigenvalue weighted by Crippen LogP contribution is 2.57. The lowest BCUT2D eigenvalue weighted by molar-refractivity contribution is -0.0266. The predicted molar refractivity (Wildman–Crippen MR) is 107 cm³/mol. The average molecular weight is 364 g/mol. The number of carbonyl (C=O) groups is 1. The third-order valence-corrected chi connectivity index (χ3v) is 7.32. The number of nitrogens with zero attached hydrogens (tertiary/aromatic N) is 1. The third-order valence-electron chi connectivity index (χ3n) is 7.32. The van der Waals surface area contributed by atoms with Crippen LogP contribution in [0.5, 0.6) is 5.75 Å². The second-order valence-electron chi connectivity index (χ2n) is 8.73. The maximum atomic E-state index is 13.3. The lowest BCUT2D eigenvalue weighted by Crippen LogP contribution is -2.64. The molecule has 142 valence electrons. The van der Waals surface area contributed by atoms with Crippen molar-refractivity contribution in [2.24, 2.45) is 11.1 Å². The molecule has 2 aromatic rings. The number of hydrogen-bond donors (Lipinski definition) is 2. The number of aromatic hydroxyl groups is 1. The van der Waals surface area contributed by atoms with Crippen molar-refractivity contribution in [1.29, 1.82) is 0 Å². The maximum Gasteiger partial charge on any atom is 0.254 e. The summed E-state index contributed by atoms with van der Waals surface area (Å²) in [5.41, 5.74) is 9.49. The summed E-state index contributed by atoms with van der Waals surface area (Å²) in [5, 5.41) is 10.5. The Balaban J connectivity index is 1.74. The van der Waals surface area contributed by atoms with E-state index >= 15 is 0 Å².